The Morgan fingerprint density at radius 3 is 2.66 bits per heavy atom. The van der Waals surface area contributed by atoms with Crippen molar-refractivity contribution >= 4 is 23.3 Å². The molecule has 5 nitrogen and oxygen atoms in total. The first kappa shape index (κ1) is 23.7. The van der Waals surface area contributed by atoms with E-state index >= 15 is 0 Å². The van der Waals surface area contributed by atoms with Gasteiger partial charge in [0.1, 0.15) is 6.61 Å². The highest BCUT2D eigenvalue weighted by Crippen LogP contribution is 2.23. The van der Waals surface area contributed by atoms with Gasteiger partial charge < -0.3 is 10.1 Å². The number of hydrogen-bond acceptors (Lipinski definition) is 3. The van der Waals surface area contributed by atoms with Gasteiger partial charge in [-0.25, -0.2) is 8.78 Å². The van der Waals surface area contributed by atoms with E-state index in [0.717, 1.165) is 11.3 Å². The minimum Gasteiger partial charge on any atom is -0.370 e. The minimum absolute atomic E-state index is 0.241. The monoisotopic (exact) mass is 469 g/mol. The molecule has 2 aromatic carbocycles. The number of anilines is 1. The van der Waals surface area contributed by atoms with Crippen LogP contribution in [0, 0.1) is 6.92 Å². The van der Waals surface area contributed by atoms with Gasteiger partial charge in [0.2, 0.25) is 0 Å². The molecule has 0 bridgehead atoms. The lowest BCUT2D eigenvalue weighted by Gasteiger charge is -2.15. The molecule has 3 aromatic rings. The topological polar surface area (TPSA) is 56.1 Å². The van der Waals surface area contributed by atoms with Crippen LogP contribution in [0.15, 0.2) is 54.6 Å². The van der Waals surface area contributed by atoms with Crippen molar-refractivity contribution in [3.05, 3.63) is 82.0 Å². The fraction of sp³-hybridized carbons (Fsp3) is 0.273. The first-order valence-corrected chi connectivity index (χ1v) is 9.95. The van der Waals surface area contributed by atoms with Crippen molar-refractivity contribution in [2.45, 2.75) is 32.4 Å². The summed E-state index contributed by atoms with van der Waals surface area (Å²) in [4.78, 5) is 12.6. The Labute approximate surface area is 186 Å². The molecule has 0 unspecified atom stereocenters. The lowest BCUT2D eigenvalue weighted by molar-refractivity contribution is -0.168. The van der Waals surface area contributed by atoms with Gasteiger partial charge in [0.15, 0.2) is 5.82 Å². The molecule has 0 aliphatic carbocycles. The second kappa shape index (κ2) is 10.1. The number of halogens is 5. The number of aromatic nitrogens is 2. The Balaban J connectivity index is 1.63. The van der Waals surface area contributed by atoms with E-state index in [1.54, 1.807) is 28.9 Å². The highest BCUT2D eigenvalue weighted by molar-refractivity contribution is 6.31. The number of rotatable bonds is 9. The maximum absolute atomic E-state index is 12.9. The van der Waals surface area contributed by atoms with Gasteiger partial charge in [-0.1, -0.05) is 41.9 Å². The molecule has 0 atom stereocenters. The standard InChI is InChI=1S/C22H20ClF4N3O2/c1-14-9-19(29-30(14)11-17-6-2-3-8-18(17)23)28-20(31)16-7-4-5-15(10-16)12-32-13-22(26,27)21(24)25/h2-10,21H,11-13H2,1H3,(H,28,29,31). The summed E-state index contributed by atoms with van der Waals surface area (Å²) in [5.74, 6) is -4.36. The van der Waals surface area contributed by atoms with Crippen LogP contribution >= 0.6 is 11.6 Å². The molecule has 1 aromatic heterocycles. The second-order valence-corrected chi connectivity index (χ2v) is 7.54. The van der Waals surface area contributed by atoms with Crippen LogP contribution in [-0.4, -0.2) is 34.6 Å². The number of nitrogens with zero attached hydrogens (tertiary/aromatic N) is 2. The lowest BCUT2D eigenvalue weighted by atomic mass is 10.1. The fourth-order valence-electron chi connectivity index (χ4n) is 2.88. The van der Waals surface area contributed by atoms with Gasteiger partial charge in [-0.05, 0) is 36.2 Å². The van der Waals surface area contributed by atoms with E-state index in [1.165, 1.54) is 12.1 Å². The zero-order chi connectivity index (χ0) is 23.3. The molecular weight excluding hydrogens is 450 g/mol. The van der Waals surface area contributed by atoms with E-state index in [4.69, 9.17) is 16.3 Å². The average molecular weight is 470 g/mol. The first-order valence-electron chi connectivity index (χ1n) is 9.57. The Morgan fingerprint density at radius 1 is 1.19 bits per heavy atom. The van der Waals surface area contributed by atoms with Crippen molar-refractivity contribution in [1.29, 1.82) is 0 Å². The quantitative estimate of drug-likeness (QED) is 0.417. The Kier molecular flexibility index (Phi) is 7.52. The molecule has 1 heterocycles. The van der Waals surface area contributed by atoms with E-state index in [9.17, 15) is 22.4 Å². The van der Waals surface area contributed by atoms with Crippen molar-refractivity contribution in [2.24, 2.45) is 0 Å². The van der Waals surface area contributed by atoms with Gasteiger partial charge in [0, 0.05) is 22.3 Å². The van der Waals surface area contributed by atoms with Crippen molar-refractivity contribution in [2.75, 3.05) is 11.9 Å². The number of aryl methyl sites for hydroxylation is 1. The van der Waals surface area contributed by atoms with Crippen molar-refractivity contribution < 1.29 is 27.1 Å². The van der Waals surface area contributed by atoms with E-state index < -0.39 is 24.9 Å². The first-order chi connectivity index (χ1) is 15.2. The predicted octanol–water partition coefficient (Wildman–Crippen LogP) is 5.56. The third kappa shape index (κ3) is 6.08. The van der Waals surface area contributed by atoms with Crippen LogP contribution in [0.25, 0.3) is 0 Å². The summed E-state index contributed by atoms with van der Waals surface area (Å²) in [6, 6.07) is 15.1. The lowest BCUT2D eigenvalue weighted by Crippen LogP contribution is -2.32. The van der Waals surface area contributed by atoms with Gasteiger partial charge in [-0.15, -0.1) is 0 Å². The number of amides is 1. The number of benzene rings is 2. The van der Waals surface area contributed by atoms with Crippen molar-refractivity contribution in [1.82, 2.24) is 9.78 Å². The number of nitrogens with one attached hydrogen (secondary N) is 1. The molecule has 3 rings (SSSR count). The minimum atomic E-state index is -4.23. The molecular formula is C22H20ClF4N3O2. The van der Waals surface area contributed by atoms with Crippen LogP contribution in [-0.2, 0) is 17.9 Å². The van der Waals surface area contributed by atoms with Crippen LogP contribution in [0.2, 0.25) is 5.02 Å². The average Bonchev–Trinajstić information content (AvgIpc) is 3.08. The van der Waals surface area contributed by atoms with Crippen LogP contribution in [0.1, 0.15) is 27.2 Å². The molecule has 0 radical (unpaired) electrons. The zero-order valence-electron chi connectivity index (χ0n) is 17.0. The molecule has 10 heteroatoms. The highest BCUT2D eigenvalue weighted by Gasteiger charge is 2.40. The zero-order valence-corrected chi connectivity index (χ0v) is 17.8. The van der Waals surface area contributed by atoms with Gasteiger partial charge in [-0.2, -0.15) is 13.9 Å². The van der Waals surface area contributed by atoms with Gasteiger partial charge in [-0.3, -0.25) is 9.48 Å². The number of carbonyl (C=O) groups is 1. The summed E-state index contributed by atoms with van der Waals surface area (Å²) in [7, 11) is 0. The molecule has 1 amide bonds. The summed E-state index contributed by atoms with van der Waals surface area (Å²) in [5, 5.41) is 7.66. The highest BCUT2D eigenvalue weighted by atomic mass is 35.5. The summed E-state index contributed by atoms with van der Waals surface area (Å²) in [6.07, 6.45) is -3.80. The summed E-state index contributed by atoms with van der Waals surface area (Å²) >= 11 is 6.19. The Morgan fingerprint density at radius 2 is 1.94 bits per heavy atom. The smallest absolute Gasteiger partial charge is 0.330 e. The summed E-state index contributed by atoms with van der Waals surface area (Å²) < 4.78 is 56.7. The van der Waals surface area contributed by atoms with Crippen molar-refractivity contribution in [3.8, 4) is 0 Å². The normalized spacial score (nSPS) is 11.7. The largest absolute Gasteiger partial charge is 0.370 e. The van der Waals surface area contributed by atoms with Gasteiger partial charge >= 0.3 is 12.3 Å². The van der Waals surface area contributed by atoms with E-state index in [0.29, 0.717) is 22.9 Å². The van der Waals surface area contributed by atoms with Gasteiger partial charge in [0.05, 0.1) is 13.2 Å². The Hall–Kier alpha value is -2.91. The molecule has 0 aliphatic heterocycles. The third-order valence-electron chi connectivity index (χ3n) is 4.57. The molecule has 1 N–H and O–H groups in total. The molecule has 0 saturated carbocycles. The molecule has 32 heavy (non-hydrogen) atoms. The van der Waals surface area contributed by atoms with Crippen molar-refractivity contribution in [3.63, 3.8) is 0 Å². The van der Waals surface area contributed by atoms with E-state index in [1.807, 2.05) is 25.1 Å². The molecule has 0 spiro atoms. The second-order valence-electron chi connectivity index (χ2n) is 7.13. The molecule has 0 aliphatic rings. The Bertz CT molecular complexity index is 1090. The third-order valence-corrected chi connectivity index (χ3v) is 4.94. The molecule has 0 saturated heterocycles. The maximum Gasteiger partial charge on any atom is 0.330 e. The molecule has 170 valence electrons. The van der Waals surface area contributed by atoms with Crippen LogP contribution < -0.4 is 5.32 Å². The number of ether oxygens (including phenoxy) is 1. The van der Waals surface area contributed by atoms with Crippen LogP contribution in [0.5, 0.6) is 0 Å². The number of alkyl halides is 4. The van der Waals surface area contributed by atoms with Crippen LogP contribution in [0.3, 0.4) is 0 Å². The fourth-order valence-corrected chi connectivity index (χ4v) is 3.07. The summed E-state index contributed by atoms with van der Waals surface area (Å²) in [6.45, 7) is 0.516. The maximum atomic E-state index is 12.9. The van der Waals surface area contributed by atoms with Gasteiger partial charge in [0.25, 0.3) is 5.91 Å². The SMILES string of the molecule is Cc1cc(NC(=O)c2cccc(COCC(F)(F)C(F)F)c2)nn1Cc1ccccc1Cl. The summed E-state index contributed by atoms with van der Waals surface area (Å²) in [5.41, 5.74) is 2.32. The predicted molar refractivity (Wildman–Crippen MR) is 113 cm³/mol. The van der Waals surface area contributed by atoms with E-state index in [2.05, 4.69) is 10.4 Å². The number of hydrogen-bond donors (Lipinski definition) is 1. The van der Waals surface area contributed by atoms with Crippen LogP contribution in [0.4, 0.5) is 23.4 Å². The number of carbonyl (C=O) groups excluding carboxylic acids is 1. The molecule has 0 fully saturated rings. The van der Waals surface area contributed by atoms with E-state index in [-0.39, 0.29) is 12.2 Å².